The fourth-order valence-electron chi connectivity index (χ4n) is 2.45. The van der Waals surface area contributed by atoms with Gasteiger partial charge in [-0.15, -0.1) is 0 Å². The molecule has 8 nitrogen and oxygen atoms in total. The monoisotopic (exact) mass is 320 g/mol. The first-order chi connectivity index (χ1) is 11.7. The molecule has 0 aliphatic heterocycles. The summed E-state index contributed by atoms with van der Waals surface area (Å²) in [7, 11) is 0. The zero-order valence-corrected chi connectivity index (χ0v) is 12.3. The molecule has 2 aromatic heterocycles. The summed E-state index contributed by atoms with van der Waals surface area (Å²) < 4.78 is 0. The lowest BCUT2D eigenvalue weighted by molar-refractivity contribution is 0.0960. The van der Waals surface area contributed by atoms with E-state index >= 15 is 0 Å². The molecule has 0 fully saturated rings. The van der Waals surface area contributed by atoms with Crippen molar-refractivity contribution in [2.24, 2.45) is 0 Å². The van der Waals surface area contributed by atoms with E-state index in [1.807, 2.05) is 24.3 Å². The van der Waals surface area contributed by atoms with Crippen LogP contribution < -0.4 is 10.9 Å². The fraction of sp³-hybridized carbons (Fsp3) is 0. The number of hydrogen-bond acceptors (Lipinski definition) is 6. The predicted molar refractivity (Wildman–Crippen MR) is 88.4 cm³/mol. The van der Waals surface area contributed by atoms with Gasteiger partial charge in [0.1, 0.15) is 17.6 Å². The van der Waals surface area contributed by atoms with Crippen LogP contribution in [0.2, 0.25) is 0 Å². The number of aromatic nitrogens is 4. The first kappa shape index (κ1) is 13.9. The third-order valence-electron chi connectivity index (χ3n) is 3.63. The maximum Gasteiger partial charge on any atom is 0.273 e. The summed E-state index contributed by atoms with van der Waals surface area (Å²) in [4.78, 5) is 27.3. The lowest BCUT2D eigenvalue weighted by Crippen LogP contribution is -2.30. The Morgan fingerprint density at radius 2 is 1.88 bits per heavy atom. The van der Waals surface area contributed by atoms with E-state index in [0.29, 0.717) is 17.0 Å². The van der Waals surface area contributed by atoms with Crippen LogP contribution in [0.4, 0.5) is 5.82 Å². The Bertz CT molecular complexity index is 1060. The van der Waals surface area contributed by atoms with Crippen molar-refractivity contribution in [1.29, 1.82) is 0 Å². The van der Waals surface area contributed by atoms with Crippen LogP contribution in [0.3, 0.4) is 0 Å². The van der Waals surface area contributed by atoms with E-state index in [2.05, 4.69) is 30.8 Å². The van der Waals surface area contributed by atoms with Gasteiger partial charge in [0.15, 0.2) is 11.5 Å². The largest absolute Gasteiger partial charge is 0.507 e. The van der Waals surface area contributed by atoms with Gasteiger partial charge < -0.3 is 10.1 Å². The van der Waals surface area contributed by atoms with Gasteiger partial charge in [0.05, 0.1) is 11.9 Å². The summed E-state index contributed by atoms with van der Waals surface area (Å²) >= 11 is 0. The normalized spacial score (nSPS) is 10.8. The van der Waals surface area contributed by atoms with E-state index in [1.54, 1.807) is 12.1 Å². The highest BCUT2D eigenvalue weighted by atomic mass is 16.3. The van der Waals surface area contributed by atoms with Crippen molar-refractivity contribution in [1.82, 2.24) is 25.4 Å². The molecule has 4 rings (SSSR count). The van der Waals surface area contributed by atoms with E-state index in [1.165, 1.54) is 12.7 Å². The third-order valence-corrected chi connectivity index (χ3v) is 3.63. The summed E-state index contributed by atoms with van der Waals surface area (Å²) in [6.45, 7) is 0. The molecule has 0 bridgehead atoms. The minimum Gasteiger partial charge on any atom is -0.507 e. The average Bonchev–Trinajstić information content (AvgIpc) is 3.08. The molecular weight excluding hydrogens is 308 g/mol. The Balaban J connectivity index is 1.60. The van der Waals surface area contributed by atoms with E-state index in [-0.39, 0.29) is 11.3 Å². The van der Waals surface area contributed by atoms with Crippen LogP contribution in [-0.4, -0.2) is 30.9 Å². The molecule has 0 unspecified atom stereocenters. The summed E-state index contributed by atoms with van der Waals surface area (Å²) in [6, 6.07) is 10.7. The zero-order chi connectivity index (χ0) is 16.5. The maximum absolute atomic E-state index is 12.4. The van der Waals surface area contributed by atoms with Gasteiger partial charge in [0, 0.05) is 0 Å². The zero-order valence-electron chi connectivity index (χ0n) is 12.3. The molecule has 4 aromatic rings. The minimum atomic E-state index is -0.482. The molecule has 2 heterocycles. The third kappa shape index (κ3) is 2.35. The van der Waals surface area contributed by atoms with E-state index < -0.39 is 5.91 Å². The summed E-state index contributed by atoms with van der Waals surface area (Å²) in [5, 5.41) is 11.8. The Morgan fingerprint density at radius 3 is 2.71 bits per heavy atom. The van der Waals surface area contributed by atoms with Gasteiger partial charge in [-0.25, -0.2) is 15.0 Å². The van der Waals surface area contributed by atoms with Crippen molar-refractivity contribution >= 4 is 33.7 Å². The molecule has 2 aromatic carbocycles. The Morgan fingerprint density at radius 1 is 1.08 bits per heavy atom. The van der Waals surface area contributed by atoms with Crippen molar-refractivity contribution in [3.8, 4) is 5.75 Å². The summed E-state index contributed by atoms with van der Waals surface area (Å²) in [5.74, 6) is -0.196. The van der Waals surface area contributed by atoms with Crippen molar-refractivity contribution in [3.63, 3.8) is 0 Å². The lowest BCUT2D eigenvalue weighted by Gasteiger charge is -2.10. The molecule has 0 radical (unpaired) electrons. The molecule has 0 atom stereocenters. The molecular formula is C16H12N6O2. The molecule has 8 heteroatoms. The van der Waals surface area contributed by atoms with Crippen molar-refractivity contribution < 1.29 is 9.90 Å². The van der Waals surface area contributed by atoms with Crippen molar-refractivity contribution in [3.05, 3.63) is 54.6 Å². The van der Waals surface area contributed by atoms with Gasteiger partial charge in [-0.3, -0.25) is 15.6 Å². The first-order valence-corrected chi connectivity index (χ1v) is 7.14. The number of anilines is 1. The Kier molecular flexibility index (Phi) is 3.20. The van der Waals surface area contributed by atoms with Crippen molar-refractivity contribution in [2.45, 2.75) is 0 Å². The number of H-pyrrole nitrogens is 1. The van der Waals surface area contributed by atoms with E-state index in [0.717, 1.165) is 10.8 Å². The highest BCUT2D eigenvalue weighted by Gasteiger charge is 2.13. The quantitative estimate of drug-likeness (QED) is 0.429. The number of aromatic amines is 1. The van der Waals surface area contributed by atoms with Gasteiger partial charge in [0.2, 0.25) is 0 Å². The number of rotatable bonds is 3. The van der Waals surface area contributed by atoms with Crippen LogP contribution >= 0.6 is 0 Å². The second kappa shape index (κ2) is 5.51. The van der Waals surface area contributed by atoms with Crippen LogP contribution in [0, 0.1) is 0 Å². The van der Waals surface area contributed by atoms with Crippen molar-refractivity contribution in [2.75, 3.05) is 5.43 Å². The topological polar surface area (TPSA) is 116 Å². The standard InChI is InChI=1S/C16H12N6O2/c23-12-6-10-4-2-1-3-9(10)5-11(12)16(24)22-21-15-13-14(18-7-17-13)19-8-20-15/h1-8,23H,(H,22,24)(H2,17,18,19,20,21). The van der Waals surface area contributed by atoms with Gasteiger partial charge in [0.25, 0.3) is 5.91 Å². The number of carbonyl (C=O) groups excluding carboxylic acids is 1. The smallest absolute Gasteiger partial charge is 0.273 e. The first-order valence-electron chi connectivity index (χ1n) is 7.14. The number of phenolic OH excluding ortho intramolecular Hbond substituents is 1. The number of nitrogens with one attached hydrogen (secondary N) is 3. The molecule has 0 aliphatic rings. The molecule has 1 amide bonds. The Labute approximate surface area is 135 Å². The minimum absolute atomic E-state index is 0.0950. The number of aromatic hydroxyl groups is 1. The number of imidazole rings is 1. The molecule has 24 heavy (non-hydrogen) atoms. The van der Waals surface area contributed by atoms with Gasteiger partial charge in [-0.05, 0) is 22.9 Å². The van der Waals surface area contributed by atoms with Gasteiger partial charge >= 0.3 is 0 Å². The average molecular weight is 320 g/mol. The number of carbonyl (C=O) groups is 1. The Hall–Kier alpha value is -3.68. The number of benzene rings is 2. The van der Waals surface area contributed by atoms with Gasteiger partial charge in [-0.1, -0.05) is 24.3 Å². The SMILES string of the molecule is O=C(NNc1ncnc2nc[nH]c12)c1cc2ccccc2cc1O. The second-order valence-corrected chi connectivity index (χ2v) is 5.12. The highest BCUT2D eigenvalue weighted by Crippen LogP contribution is 2.25. The molecule has 4 N–H and O–H groups in total. The summed E-state index contributed by atoms with van der Waals surface area (Å²) in [6.07, 6.45) is 2.83. The molecule has 118 valence electrons. The maximum atomic E-state index is 12.4. The van der Waals surface area contributed by atoms with Crippen LogP contribution in [0.5, 0.6) is 5.75 Å². The van der Waals surface area contributed by atoms with Crippen LogP contribution in [0.1, 0.15) is 10.4 Å². The number of phenols is 1. The summed E-state index contributed by atoms with van der Waals surface area (Å²) in [5.41, 5.74) is 6.44. The second-order valence-electron chi connectivity index (χ2n) is 5.12. The molecule has 0 saturated heterocycles. The van der Waals surface area contributed by atoms with Gasteiger partial charge in [-0.2, -0.15) is 0 Å². The number of nitrogens with zero attached hydrogens (tertiary/aromatic N) is 3. The lowest BCUT2D eigenvalue weighted by atomic mass is 10.1. The fourth-order valence-corrected chi connectivity index (χ4v) is 2.45. The number of amides is 1. The molecule has 0 saturated carbocycles. The number of fused-ring (bicyclic) bond motifs is 2. The number of hydrazine groups is 1. The molecule has 0 aliphatic carbocycles. The van der Waals surface area contributed by atoms with Crippen LogP contribution in [0.15, 0.2) is 49.1 Å². The molecule has 0 spiro atoms. The number of hydrogen-bond donors (Lipinski definition) is 4. The predicted octanol–water partition coefficient (Wildman–Crippen LogP) is 1.97. The van der Waals surface area contributed by atoms with Crippen LogP contribution in [0.25, 0.3) is 21.9 Å². The van der Waals surface area contributed by atoms with Crippen LogP contribution in [-0.2, 0) is 0 Å². The highest BCUT2D eigenvalue weighted by molar-refractivity contribution is 6.02. The van der Waals surface area contributed by atoms with E-state index in [9.17, 15) is 9.90 Å². The van der Waals surface area contributed by atoms with E-state index in [4.69, 9.17) is 0 Å².